The Morgan fingerprint density at radius 1 is 1.11 bits per heavy atom. The molecule has 0 fully saturated rings. The van der Waals surface area contributed by atoms with Gasteiger partial charge in [-0.25, -0.2) is 9.38 Å². The number of hydrogen-bond acceptors (Lipinski definition) is 4. The summed E-state index contributed by atoms with van der Waals surface area (Å²) in [6, 6.07) is 11.9. The largest absolute Gasteiger partial charge is 0.493 e. The van der Waals surface area contributed by atoms with E-state index in [1.807, 2.05) is 25.1 Å². The lowest BCUT2D eigenvalue weighted by Crippen LogP contribution is -2.39. The number of aliphatic imine (C=N–C) groups is 1. The zero-order valence-electron chi connectivity index (χ0n) is 16.3. The first-order chi connectivity index (χ1) is 13.1. The van der Waals surface area contributed by atoms with Crippen molar-refractivity contribution in [3.63, 3.8) is 0 Å². The van der Waals surface area contributed by atoms with E-state index in [0.717, 1.165) is 5.56 Å². The Hall–Kier alpha value is -2.23. The van der Waals surface area contributed by atoms with E-state index in [2.05, 4.69) is 10.3 Å². The number of ether oxygens (including phenoxy) is 3. The molecule has 8 heteroatoms. The third-order valence-corrected chi connectivity index (χ3v) is 3.98. The second-order valence-electron chi connectivity index (χ2n) is 5.85. The van der Waals surface area contributed by atoms with Crippen LogP contribution in [0.25, 0.3) is 0 Å². The summed E-state index contributed by atoms with van der Waals surface area (Å²) < 4.78 is 29.9. The smallest absolute Gasteiger partial charge is 0.189 e. The average Bonchev–Trinajstić information content (AvgIpc) is 2.70. The number of benzene rings is 2. The fraction of sp³-hybridized carbons (Fsp3) is 0.350. The summed E-state index contributed by atoms with van der Waals surface area (Å²) in [6.45, 7) is 2.78. The second kappa shape index (κ2) is 12.3. The molecule has 3 N–H and O–H groups in total. The molecule has 0 spiro atoms. The lowest BCUT2D eigenvalue weighted by molar-refractivity contribution is 0.191. The number of nitrogens with one attached hydrogen (secondary N) is 1. The van der Waals surface area contributed by atoms with Gasteiger partial charge >= 0.3 is 0 Å². The van der Waals surface area contributed by atoms with Crippen molar-refractivity contribution in [2.45, 2.75) is 26.0 Å². The van der Waals surface area contributed by atoms with E-state index in [4.69, 9.17) is 19.9 Å². The molecule has 0 radical (unpaired) electrons. The van der Waals surface area contributed by atoms with Crippen LogP contribution in [0, 0.1) is 5.82 Å². The first kappa shape index (κ1) is 23.8. The number of rotatable bonds is 9. The van der Waals surface area contributed by atoms with E-state index >= 15 is 0 Å². The number of nitrogens with zero attached hydrogens (tertiary/aromatic N) is 1. The molecule has 0 saturated carbocycles. The highest BCUT2D eigenvalue weighted by molar-refractivity contribution is 14.0. The molecule has 0 aliphatic heterocycles. The van der Waals surface area contributed by atoms with Gasteiger partial charge in [0, 0.05) is 0 Å². The molecule has 2 aromatic carbocycles. The van der Waals surface area contributed by atoms with Crippen LogP contribution in [0.3, 0.4) is 0 Å². The van der Waals surface area contributed by atoms with Crippen molar-refractivity contribution in [3.8, 4) is 17.2 Å². The number of methoxy groups -OCH3 is 2. The van der Waals surface area contributed by atoms with Gasteiger partial charge in [-0.1, -0.05) is 25.1 Å². The van der Waals surface area contributed by atoms with Gasteiger partial charge < -0.3 is 25.3 Å². The molecule has 0 aromatic heterocycles. The molecule has 2 aromatic rings. The van der Waals surface area contributed by atoms with E-state index in [9.17, 15) is 4.39 Å². The fourth-order valence-electron chi connectivity index (χ4n) is 2.42. The maximum Gasteiger partial charge on any atom is 0.189 e. The predicted octanol–water partition coefficient (Wildman–Crippen LogP) is 3.72. The van der Waals surface area contributed by atoms with Crippen molar-refractivity contribution < 1.29 is 18.6 Å². The SMILES string of the molecule is CCC(CNC(N)=NCc1ccc(OC)c(OC)c1)Oc1ccccc1F.I. The van der Waals surface area contributed by atoms with Gasteiger partial charge in [-0.2, -0.15) is 0 Å². The normalized spacial score (nSPS) is 11.9. The minimum Gasteiger partial charge on any atom is -0.493 e. The minimum absolute atomic E-state index is 0. The molecule has 6 nitrogen and oxygen atoms in total. The summed E-state index contributed by atoms with van der Waals surface area (Å²) >= 11 is 0. The number of hydrogen-bond donors (Lipinski definition) is 2. The molecule has 0 aliphatic carbocycles. The summed E-state index contributed by atoms with van der Waals surface area (Å²) in [5.74, 6) is 1.44. The lowest BCUT2D eigenvalue weighted by atomic mass is 10.2. The van der Waals surface area contributed by atoms with Crippen LogP contribution in [0.5, 0.6) is 17.2 Å². The van der Waals surface area contributed by atoms with Gasteiger partial charge in [0.1, 0.15) is 6.10 Å². The Bertz CT molecular complexity index is 774. The molecule has 0 amide bonds. The van der Waals surface area contributed by atoms with E-state index in [-0.39, 0.29) is 41.6 Å². The molecule has 0 bridgehead atoms. The monoisotopic (exact) mass is 503 g/mol. The highest BCUT2D eigenvalue weighted by atomic mass is 127. The lowest BCUT2D eigenvalue weighted by Gasteiger charge is -2.18. The minimum atomic E-state index is -0.383. The van der Waals surface area contributed by atoms with E-state index in [1.165, 1.54) is 6.07 Å². The second-order valence-corrected chi connectivity index (χ2v) is 5.85. The van der Waals surface area contributed by atoms with Crippen molar-refractivity contribution in [1.29, 1.82) is 0 Å². The summed E-state index contributed by atoms with van der Waals surface area (Å²) in [7, 11) is 3.17. The number of nitrogens with two attached hydrogens (primary N) is 1. The topological polar surface area (TPSA) is 78.1 Å². The summed E-state index contributed by atoms with van der Waals surface area (Å²) in [5, 5.41) is 3.02. The van der Waals surface area contributed by atoms with Crippen LogP contribution in [0.4, 0.5) is 4.39 Å². The molecule has 1 atom stereocenters. The first-order valence-electron chi connectivity index (χ1n) is 8.73. The van der Waals surface area contributed by atoms with E-state index in [1.54, 1.807) is 32.4 Å². The molecule has 0 saturated heterocycles. The van der Waals surface area contributed by atoms with E-state index in [0.29, 0.717) is 37.0 Å². The van der Waals surface area contributed by atoms with Gasteiger partial charge in [0.15, 0.2) is 29.0 Å². The molecule has 0 heterocycles. The standard InChI is InChI=1S/C20H26FN3O3.HI/c1-4-15(27-17-8-6-5-7-16(17)21)13-24-20(22)23-12-14-9-10-18(25-2)19(11-14)26-3;/h5-11,15H,4,12-13H2,1-3H3,(H3,22,23,24);1H. The van der Waals surface area contributed by atoms with Crippen LogP contribution in [-0.2, 0) is 6.54 Å². The van der Waals surface area contributed by atoms with Crippen LogP contribution in [-0.4, -0.2) is 32.8 Å². The Morgan fingerprint density at radius 2 is 1.82 bits per heavy atom. The molecule has 0 aliphatic rings. The summed E-state index contributed by atoms with van der Waals surface area (Å²) in [4.78, 5) is 4.31. The third-order valence-electron chi connectivity index (χ3n) is 3.98. The zero-order chi connectivity index (χ0) is 19.6. The zero-order valence-corrected chi connectivity index (χ0v) is 18.6. The third kappa shape index (κ3) is 7.06. The molecule has 2 rings (SSSR count). The summed E-state index contributed by atoms with van der Waals surface area (Å²) in [5.41, 5.74) is 6.86. The Balaban J connectivity index is 0.00000392. The Kier molecular flexibility index (Phi) is 10.4. The fourth-order valence-corrected chi connectivity index (χ4v) is 2.42. The van der Waals surface area contributed by atoms with Crippen molar-refractivity contribution in [2.75, 3.05) is 20.8 Å². The van der Waals surface area contributed by atoms with Crippen molar-refractivity contribution in [2.24, 2.45) is 10.7 Å². The van der Waals surface area contributed by atoms with Crippen LogP contribution in [0.1, 0.15) is 18.9 Å². The van der Waals surface area contributed by atoms with E-state index < -0.39 is 0 Å². The average molecular weight is 503 g/mol. The van der Waals surface area contributed by atoms with Crippen molar-refractivity contribution in [1.82, 2.24) is 5.32 Å². The molecule has 1 unspecified atom stereocenters. The highest BCUT2D eigenvalue weighted by Gasteiger charge is 2.11. The van der Waals surface area contributed by atoms with Crippen LogP contribution in [0.2, 0.25) is 0 Å². The number of halogens is 2. The van der Waals surface area contributed by atoms with Crippen LogP contribution in [0.15, 0.2) is 47.5 Å². The van der Waals surface area contributed by atoms with Gasteiger partial charge in [-0.05, 0) is 36.2 Å². The Labute approximate surface area is 182 Å². The van der Waals surface area contributed by atoms with Crippen LogP contribution < -0.4 is 25.3 Å². The quantitative estimate of drug-likeness (QED) is 0.310. The van der Waals surface area contributed by atoms with Crippen LogP contribution >= 0.6 is 24.0 Å². The number of para-hydroxylation sites is 1. The predicted molar refractivity (Wildman–Crippen MR) is 119 cm³/mol. The molecule has 154 valence electrons. The molecular formula is C20H27FIN3O3. The van der Waals surface area contributed by atoms with Gasteiger partial charge in [0.05, 0.1) is 27.3 Å². The highest BCUT2D eigenvalue weighted by Crippen LogP contribution is 2.27. The first-order valence-corrected chi connectivity index (χ1v) is 8.73. The Morgan fingerprint density at radius 3 is 2.46 bits per heavy atom. The van der Waals surface area contributed by atoms with Gasteiger partial charge in [0.2, 0.25) is 0 Å². The van der Waals surface area contributed by atoms with Crippen molar-refractivity contribution >= 4 is 29.9 Å². The van der Waals surface area contributed by atoms with Gasteiger partial charge in [-0.15, -0.1) is 24.0 Å². The maximum atomic E-state index is 13.7. The molecule has 28 heavy (non-hydrogen) atoms. The van der Waals surface area contributed by atoms with Gasteiger partial charge in [0.25, 0.3) is 0 Å². The number of guanidine groups is 1. The maximum absolute atomic E-state index is 13.7. The van der Waals surface area contributed by atoms with Gasteiger partial charge in [-0.3, -0.25) is 0 Å². The molecular weight excluding hydrogens is 476 g/mol. The van der Waals surface area contributed by atoms with Crippen molar-refractivity contribution in [3.05, 3.63) is 53.8 Å². The summed E-state index contributed by atoms with van der Waals surface area (Å²) in [6.07, 6.45) is 0.473.